The highest BCUT2D eigenvalue weighted by Crippen LogP contribution is 2.11. The van der Waals surface area contributed by atoms with Gasteiger partial charge in [-0.15, -0.1) is 0 Å². The van der Waals surface area contributed by atoms with Gasteiger partial charge in [0, 0.05) is 38.6 Å². The number of aryl methyl sites for hydroxylation is 1. The van der Waals surface area contributed by atoms with Crippen LogP contribution in [0.25, 0.3) is 0 Å². The molecule has 0 saturated carbocycles. The molecular weight excluding hydrogens is 458 g/mol. The topological polar surface area (TPSA) is 106 Å². The minimum atomic E-state index is -0.402. The average Bonchev–Trinajstić information content (AvgIpc) is 2.87. The van der Waals surface area contributed by atoms with Crippen molar-refractivity contribution in [3.8, 4) is 0 Å². The Morgan fingerprint density at radius 1 is 1.00 bits per heavy atom. The van der Waals surface area contributed by atoms with Crippen molar-refractivity contribution in [3.05, 3.63) is 77.4 Å². The maximum Gasteiger partial charge on any atom is 0.411 e. The number of rotatable bonds is 11. The molecule has 2 aromatic rings. The highest BCUT2D eigenvalue weighted by Gasteiger charge is 2.06. The second-order valence-corrected chi connectivity index (χ2v) is 7.63. The van der Waals surface area contributed by atoms with Crippen LogP contribution < -0.4 is 10.6 Å². The summed E-state index contributed by atoms with van der Waals surface area (Å²) in [6.45, 7) is 6.93. The van der Waals surface area contributed by atoms with E-state index in [-0.39, 0.29) is 11.7 Å². The zero-order chi connectivity index (χ0) is 26.8. The number of ether oxygens (including phenoxy) is 2. The molecule has 2 amide bonds. The van der Waals surface area contributed by atoms with Crippen molar-refractivity contribution in [3.63, 3.8) is 0 Å². The van der Waals surface area contributed by atoms with Crippen LogP contribution >= 0.6 is 0 Å². The fraction of sp³-hybridized carbons (Fsp3) is 0.357. The van der Waals surface area contributed by atoms with Crippen molar-refractivity contribution < 1.29 is 23.9 Å². The second-order valence-electron chi connectivity index (χ2n) is 7.63. The molecule has 0 aliphatic carbocycles. The van der Waals surface area contributed by atoms with Gasteiger partial charge >= 0.3 is 6.09 Å². The van der Waals surface area contributed by atoms with Crippen molar-refractivity contribution in [2.45, 2.75) is 33.6 Å². The van der Waals surface area contributed by atoms with Crippen LogP contribution in [0, 0.1) is 0 Å². The molecule has 0 aliphatic heterocycles. The molecule has 0 aliphatic rings. The molecule has 0 unspecified atom stereocenters. The summed E-state index contributed by atoms with van der Waals surface area (Å²) in [5, 5.41) is 5.49. The van der Waals surface area contributed by atoms with Crippen LogP contribution in [0.5, 0.6) is 0 Å². The lowest BCUT2D eigenvalue weighted by Gasteiger charge is -2.06. The van der Waals surface area contributed by atoms with Crippen LogP contribution in [0.15, 0.2) is 65.7 Å². The minimum absolute atomic E-state index is 0.0341. The molecule has 8 nitrogen and oxygen atoms in total. The first kappa shape index (κ1) is 30.3. The normalized spacial score (nSPS) is 10.9. The lowest BCUT2D eigenvalue weighted by molar-refractivity contribution is -0.112. The van der Waals surface area contributed by atoms with Crippen LogP contribution in [0.2, 0.25) is 0 Å². The molecule has 2 aromatic carbocycles. The number of anilines is 1. The van der Waals surface area contributed by atoms with E-state index >= 15 is 0 Å². The summed E-state index contributed by atoms with van der Waals surface area (Å²) in [7, 11) is 3.30. The number of nitrogens with zero attached hydrogens (tertiary/aromatic N) is 1. The Hall–Kier alpha value is -3.78. The van der Waals surface area contributed by atoms with Crippen molar-refractivity contribution in [2.75, 3.05) is 39.2 Å². The number of hydrogen-bond acceptors (Lipinski definition) is 6. The molecule has 0 saturated heterocycles. The fourth-order valence-electron chi connectivity index (χ4n) is 2.96. The molecule has 0 bridgehead atoms. The first-order valence-electron chi connectivity index (χ1n) is 11.9. The number of hydrogen-bond donors (Lipinski definition) is 2. The van der Waals surface area contributed by atoms with Crippen LogP contribution in [-0.2, 0) is 20.7 Å². The van der Waals surface area contributed by atoms with Crippen molar-refractivity contribution in [2.24, 2.45) is 4.99 Å². The summed E-state index contributed by atoms with van der Waals surface area (Å²) >= 11 is 0. The molecule has 2 rings (SSSR count). The number of methoxy groups -OCH3 is 1. The molecule has 0 spiro atoms. The first-order chi connectivity index (χ1) is 17.3. The van der Waals surface area contributed by atoms with E-state index in [4.69, 9.17) is 9.47 Å². The largest absolute Gasteiger partial charge is 0.450 e. The van der Waals surface area contributed by atoms with E-state index in [0.717, 1.165) is 24.1 Å². The smallest absolute Gasteiger partial charge is 0.411 e. The number of aliphatic imine (C=N–C) groups is 1. The van der Waals surface area contributed by atoms with E-state index in [0.29, 0.717) is 31.0 Å². The van der Waals surface area contributed by atoms with Gasteiger partial charge in [0.25, 0.3) is 5.91 Å². The Balaban J connectivity index is 0.000000397. The monoisotopic (exact) mass is 495 g/mol. The highest BCUT2D eigenvalue weighted by atomic mass is 16.5. The lowest BCUT2D eigenvalue weighted by Crippen LogP contribution is -2.25. The summed E-state index contributed by atoms with van der Waals surface area (Å²) in [6.07, 6.45) is 4.47. The van der Waals surface area contributed by atoms with Gasteiger partial charge in [-0.05, 0) is 74.2 Å². The maximum atomic E-state index is 11.9. The zero-order valence-corrected chi connectivity index (χ0v) is 21.8. The van der Waals surface area contributed by atoms with Crippen LogP contribution in [0.3, 0.4) is 0 Å². The molecule has 8 heteroatoms. The van der Waals surface area contributed by atoms with Gasteiger partial charge in [-0.2, -0.15) is 0 Å². The van der Waals surface area contributed by atoms with Crippen LogP contribution in [-0.4, -0.2) is 57.4 Å². The van der Waals surface area contributed by atoms with E-state index in [1.807, 2.05) is 36.4 Å². The number of benzene rings is 2. The summed E-state index contributed by atoms with van der Waals surface area (Å²) in [5.74, 6) is -0.148. The molecular formula is C28H37N3O5. The van der Waals surface area contributed by atoms with Crippen molar-refractivity contribution in [1.82, 2.24) is 5.32 Å². The van der Waals surface area contributed by atoms with E-state index < -0.39 is 6.09 Å². The van der Waals surface area contributed by atoms with E-state index in [2.05, 4.69) is 22.5 Å². The standard InChI is InChI=1S/C17H22N2O3.C11H15NO2/c1-13(20)5-10-16(18-2)14-6-8-15(9-7-14)17(21)19-11-4-12-22-3;1-3-9-6-5-7-10(8-9)12-11(13)14-4-2/h5-10H,4,11-12H2,1-3H3,(H,19,21);5-8H,3-4H2,1-2H3,(H,12,13)/b10-5-,18-16?;. The van der Waals surface area contributed by atoms with Crippen LogP contribution in [0.4, 0.5) is 10.5 Å². The molecule has 2 N–H and O–H groups in total. The predicted octanol–water partition coefficient (Wildman–Crippen LogP) is 4.83. The average molecular weight is 496 g/mol. The minimum Gasteiger partial charge on any atom is -0.450 e. The number of carbonyl (C=O) groups excluding carboxylic acids is 3. The second kappa shape index (κ2) is 17.6. The Kier molecular flexibility index (Phi) is 14.8. The Morgan fingerprint density at radius 2 is 1.69 bits per heavy atom. The van der Waals surface area contributed by atoms with Gasteiger partial charge in [0.15, 0.2) is 5.78 Å². The number of amides is 2. The Morgan fingerprint density at radius 3 is 2.28 bits per heavy atom. The summed E-state index contributed by atoms with van der Waals surface area (Å²) < 4.78 is 9.70. The van der Waals surface area contributed by atoms with Crippen LogP contribution in [0.1, 0.15) is 48.7 Å². The zero-order valence-electron chi connectivity index (χ0n) is 21.8. The van der Waals surface area contributed by atoms with Crippen molar-refractivity contribution in [1.29, 1.82) is 0 Å². The number of carbonyl (C=O) groups is 3. The van der Waals surface area contributed by atoms with Gasteiger partial charge < -0.3 is 14.8 Å². The summed E-state index contributed by atoms with van der Waals surface area (Å²) in [6, 6.07) is 14.8. The van der Waals surface area contributed by atoms with E-state index in [1.54, 1.807) is 39.3 Å². The highest BCUT2D eigenvalue weighted by molar-refractivity contribution is 6.11. The SMILES string of the molecule is CCOC(=O)Nc1cccc(CC)c1.CN=C(/C=C\C(C)=O)c1ccc(C(=O)NCCCOC)cc1. The van der Waals surface area contributed by atoms with Gasteiger partial charge in [0.1, 0.15) is 0 Å². The third kappa shape index (κ3) is 12.1. The van der Waals surface area contributed by atoms with E-state index in [9.17, 15) is 14.4 Å². The number of ketones is 1. The molecule has 0 radical (unpaired) electrons. The quantitative estimate of drug-likeness (QED) is 0.264. The van der Waals surface area contributed by atoms with Gasteiger partial charge in [-0.1, -0.05) is 31.2 Å². The third-order valence-corrected chi connectivity index (χ3v) is 4.83. The maximum absolute atomic E-state index is 11.9. The summed E-state index contributed by atoms with van der Waals surface area (Å²) in [5.41, 5.74) is 4.12. The molecule has 0 fully saturated rings. The number of allylic oxidation sites excluding steroid dienone is 2. The van der Waals surface area contributed by atoms with Gasteiger partial charge in [-0.3, -0.25) is 19.9 Å². The van der Waals surface area contributed by atoms with E-state index in [1.165, 1.54) is 18.6 Å². The summed E-state index contributed by atoms with van der Waals surface area (Å²) in [4.78, 5) is 38.1. The third-order valence-electron chi connectivity index (χ3n) is 4.83. The lowest BCUT2D eigenvalue weighted by atomic mass is 10.1. The van der Waals surface area contributed by atoms with Crippen molar-refractivity contribution >= 4 is 29.2 Å². The molecule has 194 valence electrons. The van der Waals surface area contributed by atoms with Gasteiger partial charge in [0.2, 0.25) is 0 Å². The van der Waals surface area contributed by atoms with Gasteiger partial charge in [-0.25, -0.2) is 4.79 Å². The molecule has 0 aromatic heterocycles. The Labute approximate surface area is 213 Å². The molecule has 0 atom stereocenters. The Bertz CT molecular complexity index is 1030. The fourth-order valence-corrected chi connectivity index (χ4v) is 2.96. The predicted molar refractivity (Wildman–Crippen MR) is 144 cm³/mol. The molecule has 36 heavy (non-hydrogen) atoms. The first-order valence-corrected chi connectivity index (χ1v) is 11.9. The number of nitrogens with one attached hydrogen (secondary N) is 2. The molecule has 0 heterocycles. The van der Waals surface area contributed by atoms with Gasteiger partial charge in [0.05, 0.1) is 12.3 Å².